The average molecular weight is 469 g/mol. The van der Waals surface area contributed by atoms with Crippen LogP contribution in [0.4, 0.5) is 4.79 Å². The minimum atomic E-state index is -0.628. The number of fused-ring (bicyclic) bond motifs is 1. The van der Waals surface area contributed by atoms with E-state index in [4.69, 9.17) is 4.42 Å². The predicted octanol–water partition coefficient (Wildman–Crippen LogP) is 4.47. The number of nitrogens with zero attached hydrogens (tertiary/aromatic N) is 2. The fourth-order valence-electron chi connectivity index (χ4n) is 4.30. The van der Waals surface area contributed by atoms with Gasteiger partial charge in [0.25, 0.3) is 5.91 Å². The molecule has 1 aliphatic rings. The van der Waals surface area contributed by atoms with Gasteiger partial charge in [-0.3, -0.25) is 9.69 Å². The van der Waals surface area contributed by atoms with E-state index in [1.165, 1.54) is 19.2 Å². The summed E-state index contributed by atoms with van der Waals surface area (Å²) in [5, 5.41) is 3.66. The highest BCUT2D eigenvalue weighted by Gasteiger charge is 2.35. The van der Waals surface area contributed by atoms with Gasteiger partial charge in [0.1, 0.15) is 11.5 Å². The quantitative estimate of drug-likeness (QED) is 0.255. The molecule has 4 aromatic rings. The highest BCUT2D eigenvalue weighted by atomic mass is 16.5. The molecule has 1 aliphatic heterocycles. The number of hydrogen-bond acceptors (Lipinski definition) is 5. The van der Waals surface area contributed by atoms with Gasteiger partial charge in [-0.05, 0) is 36.8 Å². The number of furan rings is 1. The number of esters is 1. The van der Waals surface area contributed by atoms with Gasteiger partial charge in [0.15, 0.2) is 0 Å². The summed E-state index contributed by atoms with van der Waals surface area (Å²) in [7, 11) is 1.25. The third-order valence-corrected chi connectivity index (χ3v) is 6.08. The maximum Gasteiger partial charge on any atom is 0.373 e. The highest BCUT2D eigenvalue weighted by molar-refractivity contribution is 6.14. The van der Waals surface area contributed by atoms with E-state index in [2.05, 4.69) is 26.8 Å². The van der Waals surface area contributed by atoms with E-state index < -0.39 is 17.9 Å². The van der Waals surface area contributed by atoms with E-state index in [1.54, 1.807) is 6.08 Å². The van der Waals surface area contributed by atoms with E-state index >= 15 is 0 Å². The van der Waals surface area contributed by atoms with Gasteiger partial charge in [-0.1, -0.05) is 48.5 Å². The molecule has 0 radical (unpaired) electrons. The van der Waals surface area contributed by atoms with Crippen LogP contribution >= 0.6 is 0 Å². The van der Waals surface area contributed by atoms with Crippen molar-refractivity contribution in [1.29, 1.82) is 0 Å². The van der Waals surface area contributed by atoms with Crippen molar-refractivity contribution in [2.45, 2.75) is 20.0 Å². The van der Waals surface area contributed by atoms with Crippen LogP contribution in [0.5, 0.6) is 0 Å². The molecule has 176 valence electrons. The zero-order valence-corrected chi connectivity index (χ0v) is 19.3. The molecule has 5 rings (SSSR count). The Bertz CT molecular complexity index is 1480. The molecule has 0 unspecified atom stereocenters. The lowest BCUT2D eigenvalue weighted by Crippen LogP contribution is -2.30. The number of amides is 3. The number of nitrogens with one attached hydrogen (secondary N) is 1. The van der Waals surface area contributed by atoms with E-state index in [0.717, 1.165) is 32.6 Å². The van der Waals surface area contributed by atoms with Crippen molar-refractivity contribution >= 4 is 34.9 Å². The number of hydrogen-bond donors (Lipinski definition) is 1. The molecule has 0 bridgehead atoms. The first-order valence-electron chi connectivity index (χ1n) is 11.1. The first-order chi connectivity index (χ1) is 17.0. The summed E-state index contributed by atoms with van der Waals surface area (Å²) in [6, 6.07) is 20.6. The van der Waals surface area contributed by atoms with Crippen molar-refractivity contribution in [2.75, 3.05) is 7.11 Å². The van der Waals surface area contributed by atoms with E-state index in [9.17, 15) is 14.4 Å². The highest BCUT2D eigenvalue weighted by Crippen LogP contribution is 2.30. The van der Waals surface area contributed by atoms with Crippen LogP contribution in [0.25, 0.3) is 17.0 Å². The molecule has 0 saturated carbocycles. The van der Waals surface area contributed by atoms with Crippen LogP contribution in [0.2, 0.25) is 0 Å². The molecule has 2 aromatic carbocycles. The Balaban J connectivity index is 1.46. The fraction of sp³-hybridized carbons (Fsp3) is 0.148. The number of urea groups is 1. The zero-order chi connectivity index (χ0) is 24.5. The van der Waals surface area contributed by atoms with Crippen LogP contribution in [-0.2, 0) is 22.6 Å². The molecule has 1 saturated heterocycles. The molecular formula is C27H23N3O5. The van der Waals surface area contributed by atoms with Crippen LogP contribution in [0.1, 0.15) is 33.1 Å². The summed E-state index contributed by atoms with van der Waals surface area (Å²) in [4.78, 5) is 38.4. The smallest absolute Gasteiger partial charge is 0.373 e. The number of aromatic nitrogens is 1. The summed E-state index contributed by atoms with van der Waals surface area (Å²) in [6.07, 6.45) is 1.72. The first kappa shape index (κ1) is 22.2. The summed E-state index contributed by atoms with van der Waals surface area (Å²) < 4.78 is 12.2. The molecule has 35 heavy (non-hydrogen) atoms. The largest absolute Gasteiger partial charge is 0.463 e. The summed E-state index contributed by atoms with van der Waals surface area (Å²) >= 11 is 0. The number of carbonyl (C=O) groups is 3. The van der Waals surface area contributed by atoms with Crippen molar-refractivity contribution in [3.05, 3.63) is 101 Å². The molecule has 0 aliphatic carbocycles. The summed E-state index contributed by atoms with van der Waals surface area (Å²) in [5.74, 6) is -0.792. The van der Waals surface area contributed by atoms with Gasteiger partial charge < -0.3 is 19.0 Å². The molecule has 8 heteroatoms. The number of para-hydroxylation sites is 1. The van der Waals surface area contributed by atoms with E-state index in [0.29, 0.717) is 12.3 Å². The van der Waals surface area contributed by atoms with Gasteiger partial charge in [-0.15, -0.1) is 0 Å². The average Bonchev–Trinajstić information content (AvgIpc) is 3.53. The Morgan fingerprint density at radius 2 is 1.74 bits per heavy atom. The number of carbonyl (C=O) groups excluding carboxylic acids is 3. The van der Waals surface area contributed by atoms with Crippen molar-refractivity contribution in [3.63, 3.8) is 0 Å². The number of imide groups is 1. The van der Waals surface area contributed by atoms with Crippen LogP contribution in [0, 0.1) is 6.92 Å². The second-order valence-electron chi connectivity index (χ2n) is 8.22. The Kier molecular flexibility index (Phi) is 5.70. The summed E-state index contributed by atoms with van der Waals surface area (Å²) in [6.45, 7) is 2.59. The first-order valence-corrected chi connectivity index (χ1v) is 11.1. The zero-order valence-electron chi connectivity index (χ0n) is 19.3. The Hall–Kier alpha value is -4.59. The molecule has 2 aromatic heterocycles. The Labute approximate surface area is 201 Å². The predicted molar refractivity (Wildman–Crippen MR) is 129 cm³/mol. The normalized spacial score (nSPS) is 14.7. The van der Waals surface area contributed by atoms with Crippen LogP contribution in [0.3, 0.4) is 0 Å². The van der Waals surface area contributed by atoms with Gasteiger partial charge in [0.05, 0.1) is 13.7 Å². The van der Waals surface area contributed by atoms with Crippen LogP contribution in [-0.4, -0.2) is 34.5 Å². The Morgan fingerprint density at radius 3 is 2.51 bits per heavy atom. The van der Waals surface area contributed by atoms with Crippen molar-refractivity contribution < 1.29 is 23.5 Å². The monoisotopic (exact) mass is 469 g/mol. The van der Waals surface area contributed by atoms with Crippen LogP contribution in [0.15, 0.2) is 76.8 Å². The number of rotatable bonds is 6. The lowest BCUT2D eigenvalue weighted by Gasteiger charge is -2.09. The molecule has 3 amide bonds. The molecule has 8 nitrogen and oxygen atoms in total. The second kappa shape index (κ2) is 8.98. The second-order valence-corrected chi connectivity index (χ2v) is 8.22. The minimum Gasteiger partial charge on any atom is -0.463 e. The molecule has 1 N–H and O–H groups in total. The van der Waals surface area contributed by atoms with Crippen molar-refractivity contribution in [1.82, 2.24) is 14.8 Å². The van der Waals surface area contributed by atoms with Gasteiger partial charge in [0, 0.05) is 28.7 Å². The van der Waals surface area contributed by atoms with E-state index in [1.807, 2.05) is 49.4 Å². The standard InChI is InChI=1S/C27H23N3O5/c1-17-21(20-10-6-7-11-23(20)29(17)15-18-8-4-3-5-9-18)14-22-25(31)30(27(33)28-22)16-19-12-13-24(35-19)26(32)34-2/h3-14H,15-16H2,1-2H3,(H,28,33)/b22-14-. The SMILES string of the molecule is COC(=O)c1ccc(CN2C(=O)N/C(=C\c3c(C)n(Cc4ccccc4)c4ccccc34)C2=O)o1. The lowest BCUT2D eigenvalue weighted by atomic mass is 10.1. The Morgan fingerprint density at radius 1 is 1.00 bits per heavy atom. The topological polar surface area (TPSA) is 93.8 Å². The van der Waals surface area contributed by atoms with Gasteiger partial charge >= 0.3 is 12.0 Å². The van der Waals surface area contributed by atoms with Crippen molar-refractivity contribution in [3.8, 4) is 0 Å². The van der Waals surface area contributed by atoms with Crippen molar-refractivity contribution in [2.24, 2.45) is 0 Å². The maximum absolute atomic E-state index is 13.1. The lowest BCUT2D eigenvalue weighted by molar-refractivity contribution is -0.123. The fourth-order valence-corrected chi connectivity index (χ4v) is 4.30. The summed E-state index contributed by atoms with van der Waals surface area (Å²) in [5.41, 5.74) is 4.24. The van der Waals surface area contributed by atoms with Gasteiger partial charge in [0.2, 0.25) is 5.76 Å². The van der Waals surface area contributed by atoms with Gasteiger partial charge in [-0.2, -0.15) is 0 Å². The molecule has 0 atom stereocenters. The molecule has 3 heterocycles. The number of methoxy groups -OCH3 is 1. The van der Waals surface area contributed by atoms with Crippen LogP contribution < -0.4 is 5.32 Å². The molecular weight excluding hydrogens is 446 g/mol. The molecule has 1 fully saturated rings. The molecule has 0 spiro atoms. The number of benzene rings is 2. The van der Waals surface area contributed by atoms with E-state index in [-0.39, 0.29) is 18.0 Å². The maximum atomic E-state index is 13.1. The third-order valence-electron chi connectivity index (χ3n) is 6.08. The number of ether oxygens (including phenoxy) is 1. The third kappa shape index (κ3) is 4.10. The minimum absolute atomic E-state index is 0.00664. The van der Waals surface area contributed by atoms with Gasteiger partial charge in [-0.25, -0.2) is 9.59 Å².